The summed E-state index contributed by atoms with van der Waals surface area (Å²) in [7, 11) is 0. The van der Waals surface area contributed by atoms with Crippen LogP contribution in [0.15, 0.2) is 18.3 Å². The smallest absolute Gasteiger partial charge is 0.363 e. The molecule has 0 bridgehead atoms. The number of rotatable bonds is 5. The minimum Gasteiger partial charge on any atom is -0.365 e. The summed E-state index contributed by atoms with van der Waals surface area (Å²) >= 11 is 0. The van der Waals surface area contributed by atoms with Crippen LogP contribution >= 0.6 is 0 Å². The zero-order chi connectivity index (χ0) is 15.2. The second kappa shape index (κ2) is 6.98. The number of nitrogens with two attached hydrogens (primary N) is 1. The van der Waals surface area contributed by atoms with Crippen LogP contribution in [0, 0.1) is 10.1 Å². The third kappa shape index (κ3) is 3.88. The van der Waals surface area contributed by atoms with Crippen molar-refractivity contribution in [3.63, 3.8) is 0 Å². The number of pyridine rings is 1. The Bertz CT molecular complexity index is 497. The second-order valence-corrected chi connectivity index (χ2v) is 4.89. The Balaban J connectivity index is 1.88. The minimum absolute atomic E-state index is 0.141. The van der Waals surface area contributed by atoms with Crippen molar-refractivity contribution in [2.24, 2.45) is 5.73 Å². The lowest BCUT2D eigenvalue weighted by Crippen LogP contribution is -2.48. The summed E-state index contributed by atoms with van der Waals surface area (Å²) < 4.78 is 0. The summed E-state index contributed by atoms with van der Waals surface area (Å²) in [6.07, 6.45) is 2.71. The van der Waals surface area contributed by atoms with Crippen LogP contribution in [0.1, 0.15) is 12.8 Å². The summed E-state index contributed by atoms with van der Waals surface area (Å²) in [5.74, 6) is -0.0173. The van der Waals surface area contributed by atoms with Crippen molar-refractivity contribution in [3.05, 3.63) is 28.4 Å². The fourth-order valence-electron chi connectivity index (χ4n) is 2.30. The minimum atomic E-state index is -0.516. The van der Waals surface area contributed by atoms with Crippen LogP contribution in [0.3, 0.4) is 0 Å². The number of anilines is 1. The fraction of sp³-hybridized carbons (Fsp3) is 0.538. The topological polar surface area (TPSA) is 106 Å². The molecule has 1 aliphatic heterocycles. The summed E-state index contributed by atoms with van der Waals surface area (Å²) in [6, 6.07) is 3.09. The molecule has 0 aliphatic carbocycles. The van der Waals surface area contributed by atoms with Gasteiger partial charge in [0.25, 0.3) is 0 Å². The lowest BCUT2D eigenvalue weighted by Gasteiger charge is -2.35. The largest absolute Gasteiger partial charge is 0.365 e. The average molecular weight is 293 g/mol. The van der Waals surface area contributed by atoms with Gasteiger partial charge >= 0.3 is 5.82 Å². The van der Waals surface area contributed by atoms with Gasteiger partial charge in [0.15, 0.2) is 6.20 Å². The summed E-state index contributed by atoms with van der Waals surface area (Å²) in [4.78, 5) is 29.7. The molecule has 0 spiro atoms. The molecular weight excluding hydrogens is 274 g/mol. The van der Waals surface area contributed by atoms with Gasteiger partial charge in [-0.05, 0) is 28.9 Å². The van der Waals surface area contributed by atoms with Gasteiger partial charge in [-0.2, -0.15) is 0 Å². The van der Waals surface area contributed by atoms with E-state index >= 15 is 0 Å². The highest BCUT2D eigenvalue weighted by Crippen LogP contribution is 2.18. The van der Waals surface area contributed by atoms with Gasteiger partial charge in [-0.3, -0.25) is 4.79 Å². The molecule has 2 heterocycles. The molecule has 1 aliphatic rings. The highest BCUT2D eigenvalue weighted by atomic mass is 16.6. The standard InChI is InChI=1S/C13H19N5O3/c14-5-1-2-13(19)17-8-6-16(7-9-17)11-3-4-12(15-10-11)18(20)21/h3-4,10H,1-2,5-9,14H2. The number of nitro groups is 1. The molecule has 0 unspecified atom stereocenters. The maximum atomic E-state index is 11.9. The number of carbonyl (C=O) groups excluding carboxylic acids is 1. The van der Waals surface area contributed by atoms with Gasteiger partial charge in [0.1, 0.15) is 0 Å². The number of hydrogen-bond acceptors (Lipinski definition) is 6. The zero-order valence-electron chi connectivity index (χ0n) is 11.8. The Labute approximate surface area is 122 Å². The van der Waals surface area contributed by atoms with Crippen molar-refractivity contribution in [3.8, 4) is 0 Å². The van der Waals surface area contributed by atoms with E-state index in [0.717, 1.165) is 5.69 Å². The molecule has 2 N–H and O–H groups in total. The van der Waals surface area contributed by atoms with E-state index in [1.807, 2.05) is 4.90 Å². The fourth-order valence-corrected chi connectivity index (χ4v) is 2.30. The highest BCUT2D eigenvalue weighted by molar-refractivity contribution is 5.76. The number of carbonyl (C=O) groups is 1. The van der Waals surface area contributed by atoms with Gasteiger partial charge in [-0.25, -0.2) is 0 Å². The third-order valence-corrected chi connectivity index (χ3v) is 3.51. The van der Waals surface area contributed by atoms with Crippen LogP contribution in [0.4, 0.5) is 11.5 Å². The number of aromatic nitrogens is 1. The van der Waals surface area contributed by atoms with Crippen LogP contribution < -0.4 is 10.6 Å². The van der Waals surface area contributed by atoms with E-state index in [0.29, 0.717) is 45.6 Å². The van der Waals surface area contributed by atoms with Gasteiger partial charge in [-0.1, -0.05) is 0 Å². The van der Waals surface area contributed by atoms with Crippen molar-refractivity contribution in [2.75, 3.05) is 37.6 Å². The molecule has 1 aromatic heterocycles. The van der Waals surface area contributed by atoms with Crippen LogP contribution in [-0.2, 0) is 4.79 Å². The van der Waals surface area contributed by atoms with Crippen molar-refractivity contribution < 1.29 is 9.72 Å². The molecular formula is C13H19N5O3. The van der Waals surface area contributed by atoms with E-state index in [1.54, 1.807) is 6.07 Å². The maximum absolute atomic E-state index is 11.9. The van der Waals surface area contributed by atoms with E-state index in [-0.39, 0.29) is 11.7 Å². The molecule has 21 heavy (non-hydrogen) atoms. The predicted octanol–water partition coefficient (Wildman–Crippen LogP) is 0.377. The first-order valence-electron chi connectivity index (χ1n) is 6.95. The summed E-state index contributed by atoms with van der Waals surface area (Å²) in [5, 5.41) is 10.6. The van der Waals surface area contributed by atoms with Gasteiger partial charge < -0.3 is 25.6 Å². The SMILES string of the molecule is NCCCC(=O)N1CCN(c2ccc([N+](=O)[O-])nc2)CC1. The summed E-state index contributed by atoms with van der Waals surface area (Å²) in [5.41, 5.74) is 6.25. The molecule has 0 saturated carbocycles. The van der Waals surface area contributed by atoms with Gasteiger partial charge in [-0.15, -0.1) is 0 Å². The van der Waals surface area contributed by atoms with Gasteiger partial charge in [0.2, 0.25) is 5.91 Å². The molecule has 1 saturated heterocycles. The predicted molar refractivity (Wildman–Crippen MR) is 78.0 cm³/mol. The van der Waals surface area contributed by atoms with E-state index in [4.69, 9.17) is 5.73 Å². The molecule has 1 aromatic rings. The van der Waals surface area contributed by atoms with Gasteiger partial charge in [0.05, 0.1) is 5.69 Å². The lowest BCUT2D eigenvalue weighted by molar-refractivity contribution is -0.389. The lowest BCUT2D eigenvalue weighted by atomic mass is 10.2. The quantitative estimate of drug-likeness (QED) is 0.621. The Morgan fingerprint density at radius 2 is 2.05 bits per heavy atom. The van der Waals surface area contributed by atoms with Gasteiger partial charge in [0, 0.05) is 38.7 Å². The normalized spacial score (nSPS) is 15.1. The van der Waals surface area contributed by atoms with Crippen molar-refractivity contribution in [1.29, 1.82) is 0 Å². The molecule has 0 atom stereocenters. The first-order chi connectivity index (χ1) is 10.1. The average Bonchev–Trinajstić information content (AvgIpc) is 2.53. The highest BCUT2D eigenvalue weighted by Gasteiger charge is 2.21. The first-order valence-corrected chi connectivity index (χ1v) is 6.95. The molecule has 1 fully saturated rings. The Morgan fingerprint density at radius 3 is 2.57 bits per heavy atom. The number of nitrogens with zero attached hydrogens (tertiary/aromatic N) is 4. The first kappa shape index (κ1) is 15.2. The Kier molecular flexibility index (Phi) is 5.04. The second-order valence-electron chi connectivity index (χ2n) is 4.89. The molecule has 114 valence electrons. The molecule has 0 radical (unpaired) electrons. The number of piperazine rings is 1. The number of hydrogen-bond donors (Lipinski definition) is 1. The third-order valence-electron chi connectivity index (χ3n) is 3.51. The van der Waals surface area contributed by atoms with Crippen LogP contribution in [0.2, 0.25) is 0 Å². The van der Waals surface area contributed by atoms with Crippen molar-refractivity contribution in [1.82, 2.24) is 9.88 Å². The number of amides is 1. The summed E-state index contributed by atoms with van der Waals surface area (Å²) in [6.45, 7) is 3.24. The molecule has 2 rings (SSSR count). The zero-order valence-corrected chi connectivity index (χ0v) is 11.8. The van der Waals surface area contributed by atoms with E-state index < -0.39 is 4.92 Å². The molecule has 0 aromatic carbocycles. The van der Waals surface area contributed by atoms with E-state index in [1.165, 1.54) is 12.3 Å². The van der Waals surface area contributed by atoms with Crippen LogP contribution in [-0.4, -0.2) is 53.4 Å². The van der Waals surface area contributed by atoms with Crippen molar-refractivity contribution >= 4 is 17.4 Å². The maximum Gasteiger partial charge on any atom is 0.363 e. The Morgan fingerprint density at radius 1 is 1.33 bits per heavy atom. The van der Waals surface area contributed by atoms with E-state index in [2.05, 4.69) is 9.88 Å². The van der Waals surface area contributed by atoms with Crippen LogP contribution in [0.5, 0.6) is 0 Å². The monoisotopic (exact) mass is 293 g/mol. The molecule has 8 nitrogen and oxygen atoms in total. The molecule has 1 amide bonds. The van der Waals surface area contributed by atoms with E-state index in [9.17, 15) is 14.9 Å². The molecule has 8 heteroatoms. The van der Waals surface area contributed by atoms with Crippen molar-refractivity contribution in [2.45, 2.75) is 12.8 Å². The Hall–Kier alpha value is -2.22. The van der Waals surface area contributed by atoms with Crippen LogP contribution in [0.25, 0.3) is 0 Å².